The van der Waals surface area contributed by atoms with E-state index in [1.54, 1.807) is 0 Å². The normalized spacial score (nSPS) is 10.0. The van der Waals surface area contributed by atoms with Gasteiger partial charge >= 0.3 is 0 Å². The molecule has 0 heterocycles. The van der Waals surface area contributed by atoms with Gasteiger partial charge in [0.25, 0.3) is 0 Å². The van der Waals surface area contributed by atoms with Gasteiger partial charge in [-0.05, 0) is 50.6 Å². The summed E-state index contributed by atoms with van der Waals surface area (Å²) in [4.78, 5) is 0. The van der Waals surface area contributed by atoms with Crippen LogP contribution in [0.2, 0.25) is 0 Å². The molecule has 1 rings (SSSR count). The first-order valence-electron chi connectivity index (χ1n) is 5.53. The zero-order valence-electron chi connectivity index (χ0n) is 9.33. The molecule has 84 valence electrons. The average molecular weight is 208 g/mol. The van der Waals surface area contributed by atoms with Crippen molar-refractivity contribution in [2.45, 2.75) is 19.8 Å². The first-order chi connectivity index (χ1) is 7.36. The van der Waals surface area contributed by atoms with Crippen molar-refractivity contribution in [2.75, 3.05) is 25.0 Å². The van der Waals surface area contributed by atoms with Crippen molar-refractivity contribution in [1.82, 2.24) is 0 Å². The third kappa shape index (κ3) is 4.70. The lowest BCUT2D eigenvalue weighted by molar-refractivity contribution is 0.340. The van der Waals surface area contributed by atoms with E-state index in [0.717, 1.165) is 37.4 Å². The van der Waals surface area contributed by atoms with E-state index in [1.807, 2.05) is 31.2 Å². The highest BCUT2D eigenvalue weighted by atomic mass is 16.5. The maximum atomic E-state index is 5.42. The van der Waals surface area contributed by atoms with Crippen LogP contribution in [0.1, 0.15) is 19.8 Å². The number of anilines is 1. The first kappa shape index (κ1) is 11.9. The highest BCUT2D eigenvalue weighted by molar-refractivity contribution is 5.46. The third-order valence-electron chi connectivity index (χ3n) is 2.13. The molecular formula is C12H20N2O. The summed E-state index contributed by atoms with van der Waals surface area (Å²) in [5.41, 5.74) is 6.55. The summed E-state index contributed by atoms with van der Waals surface area (Å²) in [6, 6.07) is 8.03. The predicted octanol–water partition coefficient (Wildman–Crippen LogP) is 2.24. The first-order valence-corrected chi connectivity index (χ1v) is 5.53. The van der Waals surface area contributed by atoms with Crippen LogP contribution in [-0.4, -0.2) is 19.7 Å². The number of nitrogens with two attached hydrogens (primary N) is 1. The molecule has 0 atom stereocenters. The summed E-state index contributed by atoms with van der Waals surface area (Å²) in [7, 11) is 0. The van der Waals surface area contributed by atoms with Gasteiger partial charge in [0, 0.05) is 12.2 Å². The highest BCUT2D eigenvalue weighted by Crippen LogP contribution is 2.15. The van der Waals surface area contributed by atoms with E-state index in [1.165, 1.54) is 0 Å². The lowest BCUT2D eigenvalue weighted by Crippen LogP contribution is -2.05. The van der Waals surface area contributed by atoms with Crippen molar-refractivity contribution in [2.24, 2.45) is 5.73 Å². The quantitative estimate of drug-likeness (QED) is 0.675. The second kappa shape index (κ2) is 7.12. The largest absolute Gasteiger partial charge is 0.494 e. The van der Waals surface area contributed by atoms with Crippen LogP contribution in [0.5, 0.6) is 5.75 Å². The SMILES string of the molecule is CCOc1ccc(NCCCCN)cc1. The predicted molar refractivity (Wildman–Crippen MR) is 64.4 cm³/mol. The van der Waals surface area contributed by atoms with Crippen LogP contribution < -0.4 is 15.8 Å². The van der Waals surface area contributed by atoms with Crippen LogP contribution in [-0.2, 0) is 0 Å². The Kier molecular flexibility index (Phi) is 5.63. The summed E-state index contributed by atoms with van der Waals surface area (Å²) in [5, 5.41) is 3.34. The highest BCUT2D eigenvalue weighted by Gasteiger charge is 1.93. The molecule has 1 aromatic carbocycles. The van der Waals surface area contributed by atoms with Crippen LogP contribution in [0.15, 0.2) is 24.3 Å². The minimum atomic E-state index is 0.712. The molecule has 15 heavy (non-hydrogen) atoms. The number of benzene rings is 1. The smallest absolute Gasteiger partial charge is 0.119 e. The van der Waals surface area contributed by atoms with Gasteiger partial charge in [-0.2, -0.15) is 0 Å². The molecule has 0 saturated carbocycles. The van der Waals surface area contributed by atoms with Gasteiger partial charge in [-0.3, -0.25) is 0 Å². The lowest BCUT2D eigenvalue weighted by atomic mass is 10.2. The minimum Gasteiger partial charge on any atom is -0.494 e. The molecule has 0 radical (unpaired) electrons. The Bertz CT molecular complexity index is 259. The van der Waals surface area contributed by atoms with Crippen LogP contribution in [0.3, 0.4) is 0 Å². The maximum Gasteiger partial charge on any atom is 0.119 e. The van der Waals surface area contributed by atoms with E-state index >= 15 is 0 Å². The summed E-state index contributed by atoms with van der Waals surface area (Å²) in [5.74, 6) is 0.921. The maximum absolute atomic E-state index is 5.42. The molecule has 3 N–H and O–H groups in total. The second-order valence-electron chi connectivity index (χ2n) is 3.38. The molecule has 0 amide bonds. The molecule has 0 aliphatic heterocycles. The van der Waals surface area contributed by atoms with E-state index < -0.39 is 0 Å². The Morgan fingerprint density at radius 1 is 1.20 bits per heavy atom. The number of hydrogen-bond acceptors (Lipinski definition) is 3. The Morgan fingerprint density at radius 3 is 2.53 bits per heavy atom. The van der Waals surface area contributed by atoms with Gasteiger partial charge in [0.1, 0.15) is 5.75 Å². The molecule has 0 aliphatic rings. The van der Waals surface area contributed by atoms with Crippen LogP contribution >= 0.6 is 0 Å². The number of nitrogens with one attached hydrogen (secondary N) is 1. The minimum absolute atomic E-state index is 0.712. The molecule has 1 aromatic rings. The summed E-state index contributed by atoms with van der Waals surface area (Å²) in [6.45, 7) is 4.44. The molecular weight excluding hydrogens is 188 g/mol. The van der Waals surface area contributed by atoms with Gasteiger partial charge in [-0.15, -0.1) is 0 Å². The number of hydrogen-bond donors (Lipinski definition) is 2. The van der Waals surface area contributed by atoms with Crippen molar-refractivity contribution in [3.8, 4) is 5.75 Å². The molecule has 3 nitrogen and oxygen atoms in total. The Balaban J connectivity index is 2.29. The van der Waals surface area contributed by atoms with Crippen molar-refractivity contribution in [3.63, 3.8) is 0 Å². The molecule has 0 saturated heterocycles. The van der Waals surface area contributed by atoms with E-state index in [2.05, 4.69) is 5.32 Å². The zero-order valence-corrected chi connectivity index (χ0v) is 9.33. The van der Waals surface area contributed by atoms with Gasteiger partial charge in [0.05, 0.1) is 6.61 Å². The molecule has 0 aliphatic carbocycles. The zero-order chi connectivity index (χ0) is 10.9. The average Bonchev–Trinajstić information content (AvgIpc) is 2.27. The monoisotopic (exact) mass is 208 g/mol. The number of rotatable bonds is 7. The fourth-order valence-electron chi connectivity index (χ4n) is 1.34. The standard InChI is InChI=1S/C12H20N2O/c1-2-15-12-7-5-11(6-8-12)14-10-4-3-9-13/h5-8,14H,2-4,9-10,13H2,1H3. The summed E-state index contributed by atoms with van der Waals surface area (Å²) in [6.07, 6.45) is 2.19. The second-order valence-corrected chi connectivity index (χ2v) is 3.38. The molecule has 0 spiro atoms. The summed E-state index contributed by atoms with van der Waals surface area (Å²) < 4.78 is 5.36. The van der Waals surface area contributed by atoms with Gasteiger partial charge in [-0.1, -0.05) is 0 Å². The molecule has 0 bridgehead atoms. The van der Waals surface area contributed by atoms with Crippen LogP contribution in [0.25, 0.3) is 0 Å². The number of ether oxygens (including phenoxy) is 1. The third-order valence-corrected chi connectivity index (χ3v) is 2.13. The lowest BCUT2D eigenvalue weighted by Gasteiger charge is -2.07. The molecule has 3 heteroatoms. The van der Waals surface area contributed by atoms with Gasteiger partial charge < -0.3 is 15.8 Å². The number of unbranched alkanes of at least 4 members (excludes halogenated alkanes) is 1. The Hall–Kier alpha value is -1.22. The Morgan fingerprint density at radius 2 is 1.93 bits per heavy atom. The molecule has 0 unspecified atom stereocenters. The van der Waals surface area contributed by atoms with Crippen LogP contribution in [0.4, 0.5) is 5.69 Å². The van der Waals surface area contributed by atoms with E-state index in [0.29, 0.717) is 6.61 Å². The van der Waals surface area contributed by atoms with Gasteiger partial charge in [0.15, 0.2) is 0 Å². The van der Waals surface area contributed by atoms with Crippen molar-refractivity contribution < 1.29 is 4.74 Å². The fraction of sp³-hybridized carbons (Fsp3) is 0.500. The van der Waals surface area contributed by atoms with Crippen molar-refractivity contribution in [3.05, 3.63) is 24.3 Å². The Labute approximate surface area is 91.6 Å². The van der Waals surface area contributed by atoms with Crippen molar-refractivity contribution >= 4 is 5.69 Å². The van der Waals surface area contributed by atoms with E-state index in [-0.39, 0.29) is 0 Å². The molecule has 0 fully saturated rings. The van der Waals surface area contributed by atoms with Gasteiger partial charge in [0.2, 0.25) is 0 Å². The topological polar surface area (TPSA) is 47.3 Å². The van der Waals surface area contributed by atoms with E-state index in [4.69, 9.17) is 10.5 Å². The van der Waals surface area contributed by atoms with E-state index in [9.17, 15) is 0 Å². The molecule has 0 aromatic heterocycles. The van der Waals surface area contributed by atoms with Crippen LogP contribution in [0, 0.1) is 0 Å². The summed E-state index contributed by atoms with van der Waals surface area (Å²) >= 11 is 0. The fourth-order valence-corrected chi connectivity index (χ4v) is 1.34. The van der Waals surface area contributed by atoms with Crippen molar-refractivity contribution in [1.29, 1.82) is 0 Å². The van der Waals surface area contributed by atoms with Gasteiger partial charge in [-0.25, -0.2) is 0 Å².